The van der Waals surface area contributed by atoms with E-state index in [2.05, 4.69) is 206 Å². The summed E-state index contributed by atoms with van der Waals surface area (Å²) in [6.45, 7) is 29.6. The van der Waals surface area contributed by atoms with E-state index in [4.69, 9.17) is 4.42 Å². The van der Waals surface area contributed by atoms with E-state index in [9.17, 15) is 9.59 Å². The topological polar surface area (TPSA) is 47.3 Å². The molecule has 0 aliphatic heterocycles. The molecular weight excluding hydrogens is 785 g/mol. The second kappa shape index (κ2) is 16.0. The lowest BCUT2D eigenvalue weighted by molar-refractivity contribution is -0.114. The van der Waals surface area contributed by atoms with Gasteiger partial charge < -0.3 is 4.42 Å². The Bertz CT molecular complexity index is 2470. The standard InChI is InChI=1S/C56H60O3S2/c1-33-15-27-47(60-33)35-17-21-37(22-18-35)49(39-29-41(53(3,4)5)51(57)42(30-39)54(6,7)8)45-25-26-46(59-45)50(38-23-19-36(20-24-38)48-28-16-34(2)61-48)40-31-43(55(9,10)11)52(58)44(32-40)56(12,13)14/h15-32H,1-14H3. The van der Waals surface area contributed by atoms with Gasteiger partial charge >= 0.3 is 0 Å². The molecule has 0 spiro atoms. The fraction of sp³-hybridized carbons (Fsp3) is 0.321. The molecule has 0 N–H and O–H groups in total. The lowest BCUT2D eigenvalue weighted by Crippen LogP contribution is -2.28. The highest BCUT2D eigenvalue weighted by Crippen LogP contribution is 2.45. The number of hydrogen-bond acceptors (Lipinski definition) is 5. The third-order valence-electron chi connectivity index (χ3n) is 11.5. The van der Waals surface area contributed by atoms with Gasteiger partial charge in [-0.15, -0.1) is 22.7 Å². The summed E-state index contributed by atoms with van der Waals surface area (Å²) >= 11 is 3.57. The molecule has 2 aliphatic carbocycles. The van der Waals surface area contributed by atoms with Gasteiger partial charge in [-0.1, -0.05) is 132 Å². The van der Waals surface area contributed by atoms with Crippen LogP contribution in [0.1, 0.15) is 115 Å². The molecule has 0 atom stereocenters. The maximum Gasteiger partial charge on any atom is 0.186 e. The number of aryl methyl sites for hydroxylation is 2. The van der Waals surface area contributed by atoms with Crippen LogP contribution in [0, 0.1) is 35.5 Å². The highest BCUT2D eigenvalue weighted by atomic mass is 32.1. The number of allylic oxidation sites excluding steroid dienone is 10. The van der Waals surface area contributed by atoms with Gasteiger partial charge in [0.15, 0.2) is 11.6 Å². The van der Waals surface area contributed by atoms with Gasteiger partial charge in [0, 0.05) is 52.9 Å². The van der Waals surface area contributed by atoms with Crippen LogP contribution in [0.3, 0.4) is 0 Å². The van der Waals surface area contributed by atoms with E-state index in [0.29, 0.717) is 11.5 Å². The van der Waals surface area contributed by atoms with Gasteiger partial charge in [0.25, 0.3) is 0 Å². The summed E-state index contributed by atoms with van der Waals surface area (Å²) in [6, 6.07) is 30.2. The van der Waals surface area contributed by atoms with E-state index >= 15 is 0 Å². The van der Waals surface area contributed by atoms with Gasteiger partial charge in [0.1, 0.15) is 11.5 Å². The molecule has 5 heteroatoms. The highest BCUT2D eigenvalue weighted by Gasteiger charge is 2.37. The number of carbonyl (C=O) groups excluding carboxylic acids is 2. The molecule has 0 unspecified atom stereocenters. The molecule has 3 aromatic heterocycles. The molecule has 314 valence electrons. The monoisotopic (exact) mass is 844 g/mol. The molecule has 61 heavy (non-hydrogen) atoms. The third kappa shape index (κ3) is 9.10. The maximum absolute atomic E-state index is 14.2. The molecule has 0 fully saturated rings. The van der Waals surface area contributed by atoms with Crippen molar-refractivity contribution in [2.45, 2.75) is 96.9 Å². The first-order chi connectivity index (χ1) is 28.4. The Kier molecular flexibility index (Phi) is 11.5. The van der Waals surface area contributed by atoms with Crippen LogP contribution in [0.4, 0.5) is 0 Å². The van der Waals surface area contributed by atoms with Crippen molar-refractivity contribution in [2.24, 2.45) is 21.7 Å². The van der Waals surface area contributed by atoms with E-state index in [1.54, 1.807) is 22.7 Å². The zero-order valence-electron chi connectivity index (χ0n) is 38.4. The summed E-state index contributed by atoms with van der Waals surface area (Å²) in [5, 5.41) is 0. The number of ketones is 2. The SMILES string of the molecule is Cc1ccc(-c2ccc(C(=C3C=C(C(C)(C)C)C(=O)C(C(C)(C)C)=C3)c3ccc(C(=C4C=C(C(C)(C)C)C(=O)C(C(C)(C)C)=C4)c4ccc(-c5ccc(C)s5)cc4)o3)cc2)s1. The Morgan fingerprint density at radius 2 is 0.705 bits per heavy atom. The van der Waals surface area contributed by atoms with Crippen molar-refractivity contribution >= 4 is 45.4 Å². The summed E-state index contributed by atoms with van der Waals surface area (Å²) in [4.78, 5) is 33.4. The van der Waals surface area contributed by atoms with Crippen LogP contribution >= 0.6 is 22.7 Å². The molecule has 0 amide bonds. The first-order valence-electron chi connectivity index (χ1n) is 21.3. The largest absolute Gasteiger partial charge is 0.456 e. The highest BCUT2D eigenvalue weighted by molar-refractivity contribution is 7.15. The van der Waals surface area contributed by atoms with Crippen LogP contribution in [0.15, 0.2) is 147 Å². The Morgan fingerprint density at radius 3 is 0.951 bits per heavy atom. The van der Waals surface area contributed by atoms with Crippen molar-refractivity contribution in [3.8, 4) is 20.9 Å². The molecule has 0 radical (unpaired) electrons. The van der Waals surface area contributed by atoms with Gasteiger partial charge in [-0.2, -0.15) is 0 Å². The van der Waals surface area contributed by atoms with Crippen LogP contribution in [0.25, 0.3) is 32.0 Å². The predicted molar refractivity (Wildman–Crippen MR) is 260 cm³/mol. The summed E-state index contributed by atoms with van der Waals surface area (Å²) in [6.07, 6.45) is 8.33. The molecule has 0 saturated heterocycles. The lowest BCUT2D eigenvalue weighted by atomic mass is 9.71. The summed E-state index contributed by atoms with van der Waals surface area (Å²) in [5.74, 6) is 1.58. The van der Waals surface area contributed by atoms with E-state index in [1.807, 2.05) is 0 Å². The number of benzene rings is 2. The predicted octanol–water partition coefficient (Wildman–Crippen LogP) is 16.0. The Labute approximate surface area is 372 Å². The number of Topliss-reactive ketones (excluding diaryl/α,β-unsaturated/α-hetero) is 2. The first kappa shape index (κ1) is 44.0. The van der Waals surface area contributed by atoms with Crippen LogP contribution in [0.2, 0.25) is 0 Å². The van der Waals surface area contributed by atoms with Crippen molar-refractivity contribution in [1.29, 1.82) is 0 Å². The fourth-order valence-corrected chi connectivity index (χ4v) is 9.81. The summed E-state index contributed by atoms with van der Waals surface area (Å²) in [7, 11) is 0. The lowest BCUT2D eigenvalue weighted by Gasteiger charge is -2.32. The van der Waals surface area contributed by atoms with Crippen LogP contribution in [-0.4, -0.2) is 11.6 Å². The van der Waals surface area contributed by atoms with Gasteiger partial charge in [0.05, 0.1) is 0 Å². The molecule has 2 aromatic carbocycles. The minimum Gasteiger partial charge on any atom is -0.456 e. The average molecular weight is 845 g/mol. The van der Waals surface area contributed by atoms with E-state index < -0.39 is 0 Å². The normalized spacial score (nSPS) is 15.4. The van der Waals surface area contributed by atoms with Gasteiger partial charge in [-0.3, -0.25) is 9.59 Å². The minimum absolute atomic E-state index is 0.0922. The van der Waals surface area contributed by atoms with Gasteiger partial charge in [-0.25, -0.2) is 0 Å². The molecule has 7 rings (SSSR count). The van der Waals surface area contributed by atoms with Crippen molar-refractivity contribution in [1.82, 2.24) is 0 Å². The van der Waals surface area contributed by atoms with Crippen molar-refractivity contribution in [3.63, 3.8) is 0 Å². The smallest absolute Gasteiger partial charge is 0.186 e. The third-order valence-corrected chi connectivity index (χ3v) is 13.6. The second-order valence-corrected chi connectivity index (χ2v) is 23.3. The second-order valence-electron chi connectivity index (χ2n) is 20.7. The molecular formula is C56H60O3S2. The fourth-order valence-electron chi connectivity index (χ4n) is 8.07. The number of carbonyl (C=O) groups is 2. The molecule has 5 aromatic rings. The first-order valence-corrected chi connectivity index (χ1v) is 23.0. The number of hydrogen-bond donors (Lipinski definition) is 0. The van der Waals surface area contributed by atoms with Gasteiger partial charge in [0.2, 0.25) is 0 Å². The zero-order valence-corrected chi connectivity index (χ0v) is 40.1. The summed E-state index contributed by atoms with van der Waals surface area (Å²) in [5.41, 5.74) is 9.59. The van der Waals surface area contributed by atoms with Crippen molar-refractivity contribution in [2.75, 3.05) is 0 Å². The number of furan rings is 1. The number of thiophene rings is 2. The van der Waals surface area contributed by atoms with E-state index in [1.165, 1.54) is 19.5 Å². The van der Waals surface area contributed by atoms with Crippen molar-refractivity contribution in [3.05, 3.63) is 175 Å². The molecule has 0 saturated carbocycles. The zero-order chi connectivity index (χ0) is 44.4. The minimum atomic E-state index is -0.383. The van der Waals surface area contributed by atoms with E-state index in [-0.39, 0.29) is 33.2 Å². The van der Waals surface area contributed by atoms with Crippen LogP contribution < -0.4 is 0 Å². The Morgan fingerprint density at radius 1 is 0.410 bits per heavy atom. The van der Waals surface area contributed by atoms with Crippen molar-refractivity contribution < 1.29 is 14.0 Å². The quantitative estimate of drug-likeness (QED) is 0.171. The van der Waals surface area contributed by atoms with Crippen LogP contribution in [0.5, 0.6) is 0 Å². The molecule has 3 heterocycles. The summed E-state index contributed by atoms with van der Waals surface area (Å²) < 4.78 is 7.20. The number of rotatable bonds is 6. The molecule has 3 nitrogen and oxygen atoms in total. The van der Waals surface area contributed by atoms with Gasteiger partial charge in [-0.05, 0) is 130 Å². The average Bonchev–Trinajstić information content (AvgIpc) is 3.93. The van der Waals surface area contributed by atoms with Crippen LogP contribution in [-0.2, 0) is 9.59 Å². The maximum atomic E-state index is 14.2. The Hall–Kier alpha value is -5.10. The molecule has 2 aliphatic rings. The molecule has 0 bridgehead atoms. The Balaban J connectivity index is 1.51. The van der Waals surface area contributed by atoms with E-state index in [0.717, 1.165) is 66.8 Å².